The summed E-state index contributed by atoms with van der Waals surface area (Å²) in [5, 5.41) is 3.41. The molecule has 0 radical (unpaired) electrons. The van der Waals surface area contributed by atoms with Gasteiger partial charge in [0.1, 0.15) is 0 Å². The highest BCUT2D eigenvalue weighted by atomic mass is 32.2. The molecule has 0 bridgehead atoms. The molecule has 3 nitrogen and oxygen atoms in total. The fourth-order valence-electron chi connectivity index (χ4n) is 3.81. The van der Waals surface area contributed by atoms with Crippen molar-refractivity contribution in [1.29, 1.82) is 0 Å². The summed E-state index contributed by atoms with van der Waals surface area (Å²) < 4.78 is 11.4. The lowest BCUT2D eigenvalue weighted by Crippen LogP contribution is -2.49. The Labute approximate surface area is 114 Å². The first kappa shape index (κ1) is 14.5. The lowest BCUT2D eigenvalue weighted by atomic mass is 9.69. The Kier molecular flexibility index (Phi) is 5.22. The van der Waals surface area contributed by atoms with Crippen LogP contribution in [0, 0.1) is 11.3 Å². The lowest BCUT2D eigenvalue weighted by Gasteiger charge is -2.44. The van der Waals surface area contributed by atoms with E-state index >= 15 is 0 Å². The van der Waals surface area contributed by atoms with Crippen LogP contribution >= 0.6 is 0 Å². The van der Waals surface area contributed by atoms with Crippen molar-refractivity contribution >= 4 is 10.8 Å². The molecule has 1 N–H and O–H groups in total. The number of hydrogen-bond acceptors (Lipinski definition) is 3. The van der Waals surface area contributed by atoms with Crippen LogP contribution < -0.4 is 5.32 Å². The molecule has 0 aromatic carbocycles. The Morgan fingerprint density at radius 3 is 2.72 bits per heavy atom. The Bertz CT molecular complexity index is 284. The van der Waals surface area contributed by atoms with E-state index in [1.165, 1.54) is 32.2 Å². The van der Waals surface area contributed by atoms with Crippen LogP contribution in [0.2, 0.25) is 0 Å². The number of nitrogens with zero attached hydrogens (tertiary/aromatic N) is 1. The number of hydrogen-bond donors (Lipinski definition) is 1. The predicted octanol–water partition coefficient (Wildman–Crippen LogP) is 1.47. The van der Waals surface area contributed by atoms with Gasteiger partial charge < -0.3 is 10.2 Å². The van der Waals surface area contributed by atoms with Crippen LogP contribution in [0.1, 0.15) is 32.6 Å². The molecule has 2 unspecified atom stereocenters. The van der Waals surface area contributed by atoms with Crippen LogP contribution in [0.25, 0.3) is 0 Å². The van der Waals surface area contributed by atoms with Gasteiger partial charge in [-0.1, -0.05) is 19.8 Å². The van der Waals surface area contributed by atoms with E-state index in [1.54, 1.807) is 0 Å². The van der Waals surface area contributed by atoms with Gasteiger partial charge in [-0.15, -0.1) is 0 Å². The molecule has 0 amide bonds. The third kappa shape index (κ3) is 3.78. The first-order valence-electron chi connectivity index (χ1n) is 7.35. The Balaban J connectivity index is 1.94. The topological polar surface area (TPSA) is 32.3 Å². The second kappa shape index (κ2) is 6.49. The molecule has 18 heavy (non-hydrogen) atoms. The smallest absolute Gasteiger partial charge is 0.0363 e. The molecule has 2 aliphatic rings. The van der Waals surface area contributed by atoms with Gasteiger partial charge in [0, 0.05) is 48.5 Å². The average Bonchev–Trinajstić information content (AvgIpc) is 2.32. The predicted molar refractivity (Wildman–Crippen MR) is 78.3 cm³/mol. The average molecular weight is 272 g/mol. The van der Waals surface area contributed by atoms with Crippen molar-refractivity contribution in [3.05, 3.63) is 0 Å². The summed E-state index contributed by atoms with van der Waals surface area (Å²) >= 11 is 0. The van der Waals surface area contributed by atoms with Crippen LogP contribution in [0.3, 0.4) is 0 Å². The van der Waals surface area contributed by atoms with E-state index < -0.39 is 10.8 Å². The normalized spacial score (nSPS) is 35.8. The molecule has 2 rings (SSSR count). The SMILES string of the molecule is CNCC1(CN2CCS(=O)CC2)CCCC(C)C1. The largest absolute Gasteiger partial charge is 0.319 e. The van der Waals surface area contributed by atoms with Crippen LogP contribution in [-0.4, -0.2) is 53.8 Å². The van der Waals surface area contributed by atoms with E-state index in [0.717, 1.165) is 37.1 Å². The molecule has 2 atom stereocenters. The summed E-state index contributed by atoms with van der Waals surface area (Å²) in [6, 6.07) is 0. The zero-order valence-electron chi connectivity index (χ0n) is 11.9. The van der Waals surface area contributed by atoms with Crippen molar-refractivity contribution in [1.82, 2.24) is 10.2 Å². The first-order valence-corrected chi connectivity index (χ1v) is 8.84. The van der Waals surface area contributed by atoms with Crippen molar-refractivity contribution < 1.29 is 4.21 Å². The summed E-state index contributed by atoms with van der Waals surface area (Å²) in [4.78, 5) is 2.55. The van der Waals surface area contributed by atoms with Gasteiger partial charge in [-0.25, -0.2) is 0 Å². The van der Waals surface area contributed by atoms with Crippen molar-refractivity contribution in [2.75, 3.05) is 44.7 Å². The molecular weight excluding hydrogens is 244 g/mol. The van der Waals surface area contributed by atoms with Gasteiger partial charge in [-0.3, -0.25) is 4.21 Å². The zero-order chi connectivity index (χ0) is 13.0. The van der Waals surface area contributed by atoms with E-state index in [0.29, 0.717) is 5.41 Å². The second-order valence-corrected chi connectivity index (χ2v) is 8.05. The lowest BCUT2D eigenvalue weighted by molar-refractivity contribution is 0.0863. The van der Waals surface area contributed by atoms with Gasteiger partial charge in [-0.05, 0) is 31.2 Å². The highest BCUT2D eigenvalue weighted by Crippen LogP contribution is 2.39. The highest BCUT2D eigenvalue weighted by molar-refractivity contribution is 7.85. The third-order valence-corrected chi connectivity index (χ3v) is 5.84. The fraction of sp³-hybridized carbons (Fsp3) is 1.00. The van der Waals surface area contributed by atoms with Crippen LogP contribution in [0.15, 0.2) is 0 Å². The van der Waals surface area contributed by atoms with Crippen LogP contribution in [-0.2, 0) is 10.8 Å². The van der Waals surface area contributed by atoms with Gasteiger partial charge >= 0.3 is 0 Å². The molecule has 1 aliphatic carbocycles. The minimum absolute atomic E-state index is 0.464. The molecule has 1 aliphatic heterocycles. The second-order valence-electron chi connectivity index (χ2n) is 6.36. The highest BCUT2D eigenvalue weighted by Gasteiger charge is 2.36. The molecule has 2 fully saturated rings. The Morgan fingerprint density at radius 2 is 2.11 bits per heavy atom. The van der Waals surface area contributed by atoms with Crippen LogP contribution in [0.4, 0.5) is 0 Å². The van der Waals surface area contributed by atoms with E-state index in [4.69, 9.17) is 0 Å². The third-order valence-electron chi connectivity index (χ3n) is 4.57. The molecular formula is C14H28N2OS. The standard InChI is InChI=1S/C14H28N2OS/c1-13-4-3-5-14(10-13,11-15-2)12-16-6-8-18(17)9-7-16/h13,15H,3-12H2,1-2H3. The summed E-state index contributed by atoms with van der Waals surface area (Å²) in [6.07, 6.45) is 5.49. The van der Waals surface area contributed by atoms with E-state index in [-0.39, 0.29) is 0 Å². The van der Waals surface area contributed by atoms with Gasteiger partial charge in [-0.2, -0.15) is 0 Å². The van der Waals surface area contributed by atoms with Gasteiger partial charge in [0.2, 0.25) is 0 Å². The van der Waals surface area contributed by atoms with Crippen molar-refractivity contribution in [3.8, 4) is 0 Å². The Morgan fingerprint density at radius 1 is 1.39 bits per heavy atom. The molecule has 4 heteroatoms. The van der Waals surface area contributed by atoms with Crippen molar-refractivity contribution in [2.45, 2.75) is 32.6 Å². The maximum absolute atomic E-state index is 11.4. The quantitative estimate of drug-likeness (QED) is 0.841. The van der Waals surface area contributed by atoms with Gasteiger partial charge in [0.25, 0.3) is 0 Å². The molecule has 0 aromatic rings. The molecule has 1 heterocycles. The summed E-state index contributed by atoms with van der Waals surface area (Å²) in [7, 11) is 1.53. The van der Waals surface area contributed by atoms with E-state index in [2.05, 4.69) is 24.2 Å². The molecule has 0 aromatic heterocycles. The molecule has 0 spiro atoms. The van der Waals surface area contributed by atoms with E-state index in [9.17, 15) is 4.21 Å². The summed E-state index contributed by atoms with van der Waals surface area (Å²) in [6.45, 7) is 6.81. The van der Waals surface area contributed by atoms with E-state index in [1.807, 2.05) is 0 Å². The maximum Gasteiger partial charge on any atom is 0.0363 e. The minimum Gasteiger partial charge on any atom is -0.319 e. The molecule has 106 valence electrons. The zero-order valence-corrected chi connectivity index (χ0v) is 12.7. The number of nitrogens with one attached hydrogen (secondary N) is 1. The monoisotopic (exact) mass is 272 g/mol. The summed E-state index contributed by atoms with van der Waals surface area (Å²) in [5.41, 5.74) is 0.464. The molecule has 1 saturated heterocycles. The fourth-order valence-corrected chi connectivity index (χ4v) is 4.94. The van der Waals surface area contributed by atoms with Crippen molar-refractivity contribution in [3.63, 3.8) is 0 Å². The van der Waals surface area contributed by atoms with Crippen LogP contribution in [0.5, 0.6) is 0 Å². The van der Waals surface area contributed by atoms with Gasteiger partial charge in [0.15, 0.2) is 0 Å². The molecule has 1 saturated carbocycles. The number of rotatable bonds is 4. The summed E-state index contributed by atoms with van der Waals surface area (Å²) in [5.74, 6) is 2.63. The minimum atomic E-state index is -0.549. The van der Waals surface area contributed by atoms with Crippen molar-refractivity contribution in [2.24, 2.45) is 11.3 Å². The maximum atomic E-state index is 11.4. The first-order chi connectivity index (χ1) is 8.63. The van der Waals surface area contributed by atoms with Gasteiger partial charge in [0.05, 0.1) is 0 Å². The Hall–Kier alpha value is 0.0700.